The van der Waals surface area contributed by atoms with Crippen LogP contribution in [0.25, 0.3) is 0 Å². The minimum atomic E-state index is -5.55. The molecule has 0 unspecified atom stereocenters. The third kappa shape index (κ3) is 4.53. The minimum absolute atomic E-state index is 0.207. The van der Waals surface area contributed by atoms with Crippen LogP contribution in [0.2, 0.25) is 0 Å². The van der Waals surface area contributed by atoms with E-state index in [2.05, 4.69) is 5.32 Å². The molecule has 1 aliphatic heterocycles. The van der Waals surface area contributed by atoms with Crippen LogP contribution in [0, 0.1) is 5.41 Å². The van der Waals surface area contributed by atoms with Crippen molar-refractivity contribution in [3.05, 3.63) is 0 Å². The van der Waals surface area contributed by atoms with Crippen LogP contribution in [0.1, 0.15) is 20.3 Å². The van der Waals surface area contributed by atoms with Crippen LogP contribution in [0.15, 0.2) is 0 Å². The van der Waals surface area contributed by atoms with Crippen molar-refractivity contribution in [2.24, 2.45) is 5.41 Å². The number of carbonyl (C=O) groups is 1. The van der Waals surface area contributed by atoms with Crippen LogP contribution < -0.4 is 5.32 Å². The van der Waals surface area contributed by atoms with Gasteiger partial charge in [0, 0.05) is 32.7 Å². The van der Waals surface area contributed by atoms with Gasteiger partial charge in [0.25, 0.3) is 0 Å². The maximum atomic E-state index is 13.0. The number of likely N-dealkylation sites (tertiary alicyclic amines) is 1. The van der Waals surface area contributed by atoms with Gasteiger partial charge in [-0.2, -0.15) is 26.3 Å². The number of rotatable bonds is 6. The van der Waals surface area contributed by atoms with Crippen LogP contribution in [0.3, 0.4) is 0 Å². The Labute approximate surface area is 147 Å². The largest absolute Gasteiger partial charge is 0.404 e. The van der Waals surface area contributed by atoms with Crippen LogP contribution >= 0.6 is 0 Å². The number of urea groups is 1. The Morgan fingerprint density at radius 1 is 1.12 bits per heavy atom. The number of halogens is 6. The molecule has 0 aromatic heterocycles. The summed E-state index contributed by atoms with van der Waals surface area (Å²) < 4.78 is 103. The maximum Gasteiger partial charge on any atom is 0.404 e. The van der Waals surface area contributed by atoms with Gasteiger partial charge in [-0.15, -0.1) is 0 Å². The second kappa shape index (κ2) is 7.79. The van der Waals surface area contributed by atoms with E-state index in [1.54, 1.807) is 13.8 Å². The lowest BCUT2D eigenvalue weighted by Crippen LogP contribution is -2.53. The molecule has 1 N–H and O–H groups in total. The molecule has 0 bridgehead atoms. The lowest BCUT2D eigenvalue weighted by atomic mass is 9.85. The highest BCUT2D eigenvalue weighted by Gasteiger charge is 2.72. The molecule has 154 valence electrons. The van der Waals surface area contributed by atoms with Crippen molar-refractivity contribution < 1.29 is 39.6 Å². The second-order valence-corrected chi connectivity index (χ2v) is 7.97. The zero-order valence-electron chi connectivity index (χ0n) is 14.2. The standard InChI is InChI=1S/C13H21F6N3O3S/c1-3-22(4-2)26(24,25)8-6-20-10(23)21-7-5-11(9-21,12(14,15)16)13(17,18)19/h3-9H2,1-2H3,(H,20,23). The quantitative estimate of drug-likeness (QED) is 0.679. The molecule has 1 heterocycles. The number of nitrogens with one attached hydrogen (secondary N) is 1. The van der Waals surface area contributed by atoms with E-state index < -0.39 is 65.6 Å². The van der Waals surface area contributed by atoms with E-state index in [1.165, 1.54) is 0 Å². The molecular weight excluding hydrogens is 392 g/mol. The minimum Gasteiger partial charge on any atom is -0.337 e. The SMILES string of the molecule is CCN(CC)S(=O)(=O)CCNC(=O)N1CCC(C(F)(F)F)(C(F)(F)F)C1. The fourth-order valence-corrected chi connectivity index (χ4v) is 4.16. The predicted octanol–water partition coefficient (Wildman–Crippen LogP) is 2.18. The van der Waals surface area contributed by atoms with E-state index in [4.69, 9.17) is 0 Å². The molecule has 1 aliphatic rings. The van der Waals surface area contributed by atoms with Gasteiger partial charge in [-0.05, 0) is 6.42 Å². The number of nitrogens with zero attached hydrogens (tertiary/aromatic N) is 2. The van der Waals surface area contributed by atoms with Crippen molar-refractivity contribution in [2.75, 3.05) is 38.5 Å². The first-order valence-electron chi connectivity index (χ1n) is 7.86. The molecule has 0 radical (unpaired) electrons. The van der Waals surface area contributed by atoms with E-state index in [9.17, 15) is 39.6 Å². The van der Waals surface area contributed by atoms with Gasteiger partial charge in [-0.25, -0.2) is 17.5 Å². The second-order valence-electron chi connectivity index (χ2n) is 5.88. The summed E-state index contributed by atoms with van der Waals surface area (Å²) >= 11 is 0. The number of amides is 2. The fourth-order valence-electron chi connectivity index (χ4n) is 2.75. The average Bonchev–Trinajstić information content (AvgIpc) is 2.94. The van der Waals surface area contributed by atoms with E-state index in [-0.39, 0.29) is 13.1 Å². The molecule has 13 heteroatoms. The van der Waals surface area contributed by atoms with Crippen molar-refractivity contribution in [2.45, 2.75) is 32.6 Å². The molecule has 0 aromatic carbocycles. The van der Waals surface area contributed by atoms with Crippen molar-refractivity contribution >= 4 is 16.1 Å². The number of sulfonamides is 1. The lowest BCUT2D eigenvalue weighted by Gasteiger charge is -2.33. The summed E-state index contributed by atoms with van der Waals surface area (Å²) in [7, 11) is -3.67. The van der Waals surface area contributed by atoms with E-state index >= 15 is 0 Å². The summed E-state index contributed by atoms with van der Waals surface area (Å²) in [6, 6.07) is -1.16. The Kier molecular flexibility index (Phi) is 6.83. The third-order valence-electron chi connectivity index (χ3n) is 4.38. The highest BCUT2D eigenvalue weighted by atomic mass is 32.2. The number of carbonyl (C=O) groups excluding carboxylic acids is 1. The molecule has 1 fully saturated rings. The highest BCUT2D eigenvalue weighted by Crippen LogP contribution is 2.55. The first kappa shape index (κ1) is 22.8. The summed E-state index contributed by atoms with van der Waals surface area (Å²) in [6.07, 6.45) is -12.4. The molecule has 0 spiro atoms. The monoisotopic (exact) mass is 413 g/mol. The number of hydrogen-bond donors (Lipinski definition) is 1. The van der Waals surface area contributed by atoms with Crippen molar-refractivity contribution in [3.63, 3.8) is 0 Å². The molecule has 1 saturated heterocycles. The van der Waals surface area contributed by atoms with E-state index in [0.29, 0.717) is 4.90 Å². The zero-order valence-corrected chi connectivity index (χ0v) is 15.1. The maximum absolute atomic E-state index is 13.0. The molecule has 0 aliphatic carbocycles. The molecule has 26 heavy (non-hydrogen) atoms. The summed E-state index contributed by atoms with van der Waals surface area (Å²) in [5.74, 6) is -0.502. The van der Waals surface area contributed by atoms with Crippen LogP contribution in [0.5, 0.6) is 0 Å². The smallest absolute Gasteiger partial charge is 0.337 e. The van der Waals surface area contributed by atoms with Crippen molar-refractivity contribution in [3.8, 4) is 0 Å². The number of alkyl halides is 6. The Bertz CT molecular complexity index is 587. The van der Waals surface area contributed by atoms with E-state index in [1.807, 2.05) is 0 Å². The molecule has 0 saturated carbocycles. The Morgan fingerprint density at radius 3 is 2.00 bits per heavy atom. The Balaban J connectivity index is 2.71. The summed E-state index contributed by atoms with van der Waals surface area (Å²) in [5, 5.41) is 2.07. The van der Waals surface area contributed by atoms with Gasteiger partial charge in [0.05, 0.1) is 5.75 Å². The Morgan fingerprint density at radius 2 is 1.62 bits per heavy atom. The first-order valence-corrected chi connectivity index (χ1v) is 9.47. The topological polar surface area (TPSA) is 69.7 Å². The summed E-state index contributed by atoms with van der Waals surface area (Å²) in [5.41, 5.74) is -3.97. The van der Waals surface area contributed by atoms with Gasteiger partial charge < -0.3 is 10.2 Å². The molecular formula is C13H21F6N3O3S. The Hall–Kier alpha value is -1.24. The first-order chi connectivity index (χ1) is 11.7. The molecule has 6 nitrogen and oxygen atoms in total. The molecule has 0 aromatic rings. The van der Waals surface area contributed by atoms with Gasteiger partial charge in [0.1, 0.15) is 0 Å². The van der Waals surface area contributed by atoms with Crippen LogP contribution in [0.4, 0.5) is 31.1 Å². The average molecular weight is 413 g/mol. The van der Waals surface area contributed by atoms with Crippen molar-refractivity contribution in [1.82, 2.24) is 14.5 Å². The highest BCUT2D eigenvalue weighted by molar-refractivity contribution is 7.89. The molecule has 1 rings (SSSR count). The van der Waals surface area contributed by atoms with Gasteiger partial charge in [-0.3, -0.25) is 0 Å². The normalized spacial score (nSPS) is 18.4. The van der Waals surface area contributed by atoms with Crippen LogP contribution in [-0.4, -0.2) is 74.5 Å². The van der Waals surface area contributed by atoms with Gasteiger partial charge in [0.2, 0.25) is 10.0 Å². The van der Waals surface area contributed by atoms with Gasteiger partial charge in [0.15, 0.2) is 5.41 Å². The lowest BCUT2D eigenvalue weighted by molar-refractivity contribution is -0.334. The third-order valence-corrected chi connectivity index (χ3v) is 6.40. The fraction of sp³-hybridized carbons (Fsp3) is 0.923. The predicted molar refractivity (Wildman–Crippen MR) is 80.8 cm³/mol. The van der Waals surface area contributed by atoms with Gasteiger partial charge >= 0.3 is 18.4 Å². The number of hydrogen-bond acceptors (Lipinski definition) is 3. The summed E-state index contributed by atoms with van der Waals surface area (Å²) in [6.45, 7) is 0.939. The zero-order chi connectivity index (χ0) is 20.4. The van der Waals surface area contributed by atoms with Crippen molar-refractivity contribution in [1.29, 1.82) is 0 Å². The van der Waals surface area contributed by atoms with Crippen LogP contribution in [-0.2, 0) is 10.0 Å². The van der Waals surface area contributed by atoms with E-state index in [0.717, 1.165) is 4.31 Å². The summed E-state index contributed by atoms with van der Waals surface area (Å²) in [4.78, 5) is 12.3. The van der Waals surface area contributed by atoms with Gasteiger partial charge in [-0.1, -0.05) is 13.8 Å². The molecule has 2 amide bonds. The molecule has 0 atom stereocenters.